The summed E-state index contributed by atoms with van der Waals surface area (Å²) in [6.45, 7) is 5.33. The van der Waals surface area contributed by atoms with Gasteiger partial charge in [-0.2, -0.15) is 0 Å². The summed E-state index contributed by atoms with van der Waals surface area (Å²) < 4.78 is 0. The van der Waals surface area contributed by atoms with Crippen molar-refractivity contribution in [3.63, 3.8) is 0 Å². The molecule has 0 aliphatic rings. The van der Waals surface area contributed by atoms with Crippen LogP contribution in [0.4, 0.5) is 0 Å². The first kappa shape index (κ1) is 10.1. The molecule has 1 N–H and O–H groups in total. The summed E-state index contributed by atoms with van der Waals surface area (Å²) in [7, 11) is 2.09. The molecule has 0 aliphatic heterocycles. The Morgan fingerprint density at radius 1 is 1.31 bits per heavy atom. The number of hydrogen-bond acceptors (Lipinski definition) is 2. The van der Waals surface area contributed by atoms with E-state index in [1.165, 1.54) is 5.56 Å². The van der Waals surface area contributed by atoms with Crippen molar-refractivity contribution >= 4 is 0 Å². The van der Waals surface area contributed by atoms with Crippen molar-refractivity contribution in [1.82, 2.24) is 4.90 Å². The minimum atomic E-state index is 0.329. The highest BCUT2D eigenvalue weighted by molar-refractivity contribution is 5.27. The van der Waals surface area contributed by atoms with E-state index in [0.717, 1.165) is 6.54 Å². The highest BCUT2D eigenvalue weighted by atomic mass is 16.3. The number of nitrogens with zero attached hydrogens (tertiary/aromatic N) is 1. The molecule has 0 aromatic heterocycles. The predicted molar refractivity (Wildman–Crippen MR) is 54.8 cm³/mol. The molecule has 1 aromatic carbocycles. The molecule has 0 saturated carbocycles. The smallest absolute Gasteiger partial charge is 0.115 e. The van der Waals surface area contributed by atoms with Crippen LogP contribution in [0.25, 0.3) is 0 Å². The average molecular weight is 179 g/mol. The van der Waals surface area contributed by atoms with Crippen molar-refractivity contribution in [2.45, 2.75) is 19.9 Å². The minimum Gasteiger partial charge on any atom is -0.508 e. The molecule has 1 rings (SSSR count). The fraction of sp³-hybridized carbons (Fsp3) is 0.455. The van der Waals surface area contributed by atoms with E-state index in [1.54, 1.807) is 12.1 Å². The fourth-order valence-electron chi connectivity index (χ4n) is 1.28. The average Bonchev–Trinajstić information content (AvgIpc) is 2.17. The molecule has 2 heteroatoms. The highest BCUT2D eigenvalue weighted by Crippen LogP contribution is 2.20. The zero-order chi connectivity index (χ0) is 9.84. The van der Waals surface area contributed by atoms with Gasteiger partial charge in [-0.15, -0.1) is 0 Å². The Bertz CT molecular complexity index is 255. The molecule has 1 aromatic rings. The third-order valence-corrected chi connectivity index (χ3v) is 2.54. The van der Waals surface area contributed by atoms with Crippen molar-refractivity contribution in [2.75, 3.05) is 13.6 Å². The molecule has 0 heterocycles. The SMILES string of the molecule is CCN(C)C(C)c1ccc(O)cc1. The van der Waals surface area contributed by atoms with Crippen LogP contribution in [0.15, 0.2) is 24.3 Å². The van der Waals surface area contributed by atoms with Crippen LogP contribution in [0.3, 0.4) is 0 Å². The molecular weight excluding hydrogens is 162 g/mol. The molecule has 1 atom stereocenters. The number of phenolic OH excluding ortho intramolecular Hbond substituents is 1. The summed E-state index contributed by atoms with van der Waals surface area (Å²) in [5.74, 6) is 0.329. The normalized spacial score (nSPS) is 13.2. The van der Waals surface area contributed by atoms with E-state index in [1.807, 2.05) is 12.1 Å². The van der Waals surface area contributed by atoms with Gasteiger partial charge in [0.2, 0.25) is 0 Å². The van der Waals surface area contributed by atoms with Gasteiger partial charge in [-0.3, -0.25) is 4.90 Å². The van der Waals surface area contributed by atoms with Crippen molar-refractivity contribution in [3.05, 3.63) is 29.8 Å². The van der Waals surface area contributed by atoms with Gasteiger partial charge in [0.05, 0.1) is 0 Å². The standard InChI is InChI=1S/C11H17NO/c1-4-12(3)9(2)10-5-7-11(13)8-6-10/h5-9,13H,4H2,1-3H3. The van der Waals surface area contributed by atoms with Gasteiger partial charge in [0.15, 0.2) is 0 Å². The van der Waals surface area contributed by atoms with Gasteiger partial charge in [0.25, 0.3) is 0 Å². The lowest BCUT2D eigenvalue weighted by atomic mass is 10.1. The number of benzene rings is 1. The molecule has 1 unspecified atom stereocenters. The zero-order valence-electron chi connectivity index (χ0n) is 8.49. The Hall–Kier alpha value is -1.02. The minimum absolute atomic E-state index is 0.329. The van der Waals surface area contributed by atoms with E-state index in [9.17, 15) is 0 Å². The Morgan fingerprint density at radius 2 is 1.85 bits per heavy atom. The van der Waals surface area contributed by atoms with E-state index in [0.29, 0.717) is 11.8 Å². The molecule has 0 bridgehead atoms. The van der Waals surface area contributed by atoms with E-state index in [-0.39, 0.29) is 0 Å². The molecule has 72 valence electrons. The van der Waals surface area contributed by atoms with E-state index < -0.39 is 0 Å². The number of aromatic hydroxyl groups is 1. The van der Waals surface area contributed by atoms with Crippen LogP contribution in [0.1, 0.15) is 25.5 Å². The Kier molecular flexibility index (Phi) is 3.32. The van der Waals surface area contributed by atoms with Gasteiger partial charge in [-0.25, -0.2) is 0 Å². The Labute approximate surface area is 79.8 Å². The van der Waals surface area contributed by atoms with Gasteiger partial charge >= 0.3 is 0 Å². The van der Waals surface area contributed by atoms with Crippen molar-refractivity contribution < 1.29 is 5.11 Å². The number of hydrogen-bond donors (Lipinski definition) is 1. The second kappa shape index (κ2) is 4.28. The van der Waals surface area contributed by atoms with Crippen LogP contribution in [0.5, 0.6) is 5.75 Å². The van der Waals surface area contributed by atoms with Crippen LogP contribution in [-0.4, -0.2) is 23.6 Å². The predicted octanol–water partition coefficient (Wildman–Crippen LogP) is 2.40. The molecule has 0 fully saturated rings. The molecule has 2 nitrogen and oxygen atoms in total. The first-order chi connectivity index (χ1) is 6.15. The van der Waals surface area contributed by atoms with Crippen LogP contribution < -0.4 is 0 Å². The molecule has 0 radical (unpaired) electrons. The second-order valence-corrected chi connectivity index (χ2v) is 3.34. The summed E-state index contributed by atoms with van der Waals surface area (Å²) in [6, 6.07) is 7.80. The third kappa shape index (κ3) is 2.46. The summed E-state index contributed by atoms with van der Waals surface area (Å²) in [5.41, 5.74) is 1.24. The lowest BCUT2D eigenvalue weighted by Crippen LogP contribution is -2.21. The van der Waals surface area contributed by atoms with Gasteiger partial charge in [-0.1, -0.05) is 19.1 Å². The van der Waals surface area contributed by atoms with E-state index in [4.69, 9.17) is 5.11 Å². The van der Waals surface area contributed by atoms with Crippen molar-refractivity contribution in [1.29, 1.82) is 0 Å². The van der Waals surface area contributed by atoms with Gasteiger partial charge < -0.3 is 5.11 Å². The quantitative estimate of drug-likeness (QED) is 0.770. The second-order valence-electron chi connectivity index (χ2n) is 3.34. The van der Waals surface area contributed by atoms with Gasteiger partial charge in [0.1, 0.15) is 5.75 Å². The first-order valence-electron chi connectivity index (χ1n) is 4.64. The molecule has 0 aliphatic carbocycles. The first-order valence-corrected chi connectivity index (χ1v) is 4.64. The topological polar surface area (TPSA) is 23.5 Å². The summed E-state index contributed by atoms with van der Waals surface area (Å²) in [4.78, 5) is 2.26. The van der Waals surface area contributed by atoms with Crippen molar-refractivity contribution in [3.8, 4) is 5.75 Å². The van der Waals surface area contributed by atoms with Crippen LogP contribution >= 0.6 is 0 Å². The van der Waals surface area contributed by atoms with Crippen molar-refractivity contribution in [2.24, 2.45) is 0 Å². The Morgan fingerprint density at radius 3 is 2.31 bits per heavy atom. The molecule has 0 saturated heterocycles. The largest absolute Gasteiger partial charge is 0.508 e. The van der Waals surface area contributed by atoms with Crippen LogP contribution in [0.2, 0.25) is 0 Å². The highest BCUT2D eigenvalue weighted by Gasteiger charge is 2.08. The fourth-order valence-corrected chi connectivity index (χ4v) is 1.28. The van der Waals surface area contributed by atoms with E-state index >= 15 is 0 Å². The van der Waals surface area contributed by atoms with Gasteiger partial charge in [-0.05, 0) is 38.2 Å². The zero-order valence-corrected chi connectivity index (χ0v) is 8.49. The van der Waals surface area contributed by atoms with E-state index in [2.05, 4.69) is 25.8 Å². The number of phenols is 1. The third-order valence-electron chi connectivity index (χ3n) is 2.54. The molecule has 13 heavy (non-hydrogen) atoms. The maximum atomic E-state index is 9.12. The molecule has 0 spiro atoms. The lowest BCUT2D eigenvalue weighted by molar-refractivity contribution is 0.275. The maximum absolute atomic E-state index is 9.12. The summed E-state index contributed by atoms with van der Waals surface area (Å²) >= 11 is 0. The van der Waals surface area contributed by atoms with Gasteiger partial charge in [0, 0.05) is 6.04 Å². The summed E-state index contributed by atoms with van der Waals surface area (Å²) in [5, 5.41) is 9.12. The molecule has 0 amide bonds. The lowest BCUT2D eigenvalue weighted by Gasteiger charge is -2.23. The summed E-state index contributed by atoms with van der Waals surface area (Å²) in [6.07, 6.45) is 0. The Balaban J connectivity index is 2.77. The van der Waals surface area contributed by atoms with Crippen LogP contribution in [-0.2, 0) is 0 Å². The molecular formula is C11H17NO. The maximum Gasteiger partial charge on any atom is 0.115 e. The number of rotatable bonds is 3. The monoisotopic (exact) mass is 179 g/mol. The van der Waals surface area contributed by atoms with Crippen LogP contribution in [0, 0.1) is 0 Å².